The standard InChI is InChI=1S/C16H15N5O3S/c1-10-6-7-13(25(2,23)24)9-14(10)17-16(22)12-5-3-4-11(8-12)15-18-20-21-19-15/h3-9H,1-2H3,(H,17,22)(H,18,19,20,21). The average Bonchev–Trinajstić information content (AvgIpc) is 3.10. The fourth-order valence-electron chi connectivity index (χ4n) is 2.24. The number of amides is 1. The number of aryl methyl sites for hydroxylation is 1. The molecular weight excluding hydrogens is 342 g/mol. The van der Waals surface area contributed by atoms with Gasteiger partial charge in [-0.05, 0) is 42.0 Å². The van der Waals surface area contributed by atoms with Crippen molar-refractivity contribution in [2.45, 2.75) is 11.8 Å². The Kier molecular flexibility index (Phi) is 4.32. The number of hydrogen-bond acceptors (Lipinski definition) is 6. The zero-order chi connectivity index (χ0) is 18.0. The van der Waals surface area contributed by atoms with Crippen LogP contribution in [-0.4, -0.2) is 41.2 Å². The van der Waals surface area contributed by atoms with Crippen LogP contribution in [0, 0.1) is 6.92 Å². The van der Waals surface area contributed by atoms with E-state index in [9.17, 15) is 13.2 Å². The van der Waals surface area contributed by atoms with Gasteiger partial charge in [0.15, 0.2) is 9.84 Å². The van der Waals surface area contributed by atoms with Gasteiger partial charge in [-0.3, -0.25) is 4.79 Å². The van der Waals surface area contributed by atoms with Crippen molar-refractivity contribution in [1.82, 2.24) is 20.6 Å². The van der Waals surface area contributed by atoms with Crippen LogP contribution >= 0.6 is 0 Å². The van der Waals surface area contributed by atoms with Crippen molar-refractivity contribution in [2.75, 3.05) is 11.6 Å². The quantitative estimate of drug-likeness (QED) is 0.735. The largest absolute Gasteiger partial charge is 0.322 e. The van der Waals surface area contributed by atoms with E-state index in [1.165, 1.54) is 12.1 Å². The molecular formula is C16H15N5O3S. The molecule has 3 aromatic rings. The summed E-state index contributed by atoms with van der Waals surface area (Å²) in [5, 5.41) is 16.3. The number of tetrazole rings is 1. The summed E-state index contributed by atoms with van der Waals surface area (Å²) in [4.78, 5) is 12.7. The lowest BCUT2D eigenvalue weighted by Gasteiger charge is -2.10. The molecule has 2 N–H and O–H groups in total. The van der Waals surface area contributed by atoms with Gasteiger partial charge in [0.05, 0.1) is 4.90 Å². The third-order valence-corrected chi connectivity index (χ3v) is 4.72. The Morgan fingerprint density at radius 2 is 1.96 bits per heavy atom. The van der Waals surface area contributed by atoms with Crippen LogP contribution in [0.2, 0.25) is 0 Å². The number of nitrogens with zero attached hydrogens (tertiary/aromatic N) is 3. The summed E-state index contributed by atoms with van der Waals surface area (Å²) in [6.45, 7) is 1.79. The second kappa shape index (κ2) is 6.44. The van der Waals surface area contributed by atoms with Gasteiger partial charge < -0.3 is 5.32 Å². The van der Waals surface area contributed by atoms with Gasteiger partial charge in [-0.15, -0.1) is 10.2 Å². The number of hydrogen-bond donors (Lipinski definition) is 2. The number of aromatic nitrogens is 4. The molecule has 9 heteroatoms. The molecule has 0 aliphatic heterocycles. The van der Waals surface area contributed by atoms with Crippen molar-refractivity contribution in [3.63, 3.8) is 0 Å². The molecule has 1 aromatic heterocycles. The van der Waals surface area contributed by atoms with Gasteiger partial charge in [0.25, 0.3) is 5.91 Å². The van der Waals surface area contributed by atoms with Gasteiger partial charge in [-0.1, -0.05) is 18.2 Å². The van der Waals surface area contributed by atoms with Crippen LogP contribution in [0.15, 0.2) is 47.4 Å². The van der Waals surface area contributed by atoms with Crippen molar-refractivity contribution < 1.29 is 13.2 Å². The molecule has 0 unspecified atom stereocenters. The van der Waals surface area contributed by atoms with Crippen LogP contribution in [0.3, 0.4) is 0 Å². The Hall–Kier alpha value is -3.07. The predicted molar refractivity (Wildman–Crippen MR) is 91.9 cm³/mol. The Morgan fingerprint density at radius 1 is 1.16 bits per heavy atom. The summed E-state index contributed by atoms with van der Waals surface area (Å²) in [6.07, 6.45) is 1.12. The number of H-pyrrole nitrogens is 1. The normalized spacial score (nSPS) is 11.3. The Balaban J connectivity index is 1.89. The van der Waals surface area contributed by atoms with Gasteiger partial charge >= 0.3 is 0 Å². The van der Waals surface area contributed by atoms with Gasteiger partial charge in [0, 0.05) is 23.1 Å². The maximum absolute atomic E-state index is 12.5. The molecule has 2 aromatic carbocycles. The van der Waals surface area contributed by atoms with E-state index in [2.05, 4.69) is 25.9 Å². The Bertz CT molecular complexity index is 1030. The number of benzene rings is 2. The summed E-state index contributed by atoms with van der Waals surface area (Å²) in [5.74, 6) is 0.0176. The number of nitrogens with one attached hydrogen (secondary N) is 2. The molecule has 0 saturated heterocycles. The van der Waals surface area contributed by atoms with E-state index >= 15 is 0 Å². The molecule has 0 radical (unpaired) electrons. The fraction of sp³-hybridized carbons (Fsp3) is 0.125. The van der Waals surface area contributed by atoms with Gasteiger partial charge in [0.1, 0.15) is 0 Å². The Labute approximate surface area is 144 Å². The molecule has 0 atom stereocenters. The smallest absolute Gasteiger partial charge is 0.255 e. The van der Waals surface area contributed by atoms with Crippen molar-refractivity contribution >= 4 is 21.4 Å². The highest BCUT2D eigenvalue weighted by atomic mass is 32.2. The average molecular weight is 357 g/mol. The third-order valence-electron chi connectivity index (χ3n) is 3.61. The number of sulfone groups is 1. The maximum atomic E-state index is 12.5. The van der Waals surface area contributed by atoms with Crippen LogP contribution in [0.5, 0.6) is 0 Å². The number of carbonyl (C=O) groups excluding carboxylic acids is 1. The second-order valence-electron chi connectivity index (χ2n) is 5.52. The van der Waals surface area contributed by atoms with E-state index in [1.807, 2.05) is 0 Å². The monoisotopic (exact) mass is 357 g/mol. The first kappa shape index (κ1) is 16.8. The van der Waals surface area contributed by atoms with Crippen molar-refractivity contribution in [3.05, 3.63) is 53.6 Å². The van der Waals surface area contributed by atoms with Crippen LogP contribution in [0.25, 0.3) is 11.4 Å². The van der Waals surface area contributed by atoms with Crippen molar-refractivity contribution in [2.24, 2.45) is 0 Å². The van der Waals surface area contributed by atoms with E-state index in [1.54, 1.807) is 37.3 Å². The minimum absolute atomic E-state index is 0.147. The highest BCUT2D eigenvalue weighted by Gasteiger charge is 2.13. The molecule has 0 saturated carbocycles. The lowest BCUT2D eigenvalue weighted by molar-refractivity contribution is 0.102. The first-order valence-corrected chi connectivity index (χ1v) is 9.20. The predicted octanol–water partition coefficient (Wildman–Crippen LogP) is 1.83. The van der Waals surface area contributed by atoms with E-state index in [0.717, 1.165) is 11.8 Å². The first-order valence-electron chi connectivity index (χ1n) is 7.30. The van der Waals surface area contributed by atoms with Crippen LogP contribution < -0.4 is 5.32 Å². The minimum Gasteiger partial charge on any atom is -0.322 e. The molecule has 25 heavy (non-hydrogen) atoms. The van der Waals surface area contributed by atoms with E-state index in [4.69, 9.17) is 0 Å². The number of carbonyl (C=O) groups is 1. The molecule has 1 heterocycles. The highest BCUT2D eigenvalue weighted by Crippen LogP contribution is 2.22. The summed E-state index contributed by atoms with van der Waals surface area (Å²) in [5.41, 5.74) is 2.24. The second-order valence-corrected chi connectivity index (χ2v) is 7.53. The molecule has 1 amide bonds. The summed E-state index contributed by atoms with van der Waals surface area (Å²) in [7, 11) is -3.36. The lowest BCUT2D eigenvalue weighted by atomic mass is 10.1. The van der Waals surface area contributed by atoms with Crippen molar-refractivity contribution in [1.29, 1.82) is 0 Å². The number of rotatable bonds is 4. The van der Waals surface area contributed by atoms with Gasteiger partial charge in [-0.2, -0.15) is 5.21 Å². The molecule has 8 nitrogen and oxygen atoms in total. The fourth-order valence-corrected chi connectivity index (χ4v) is 2.89. The molecule has 3 rings (SSSR count). The molecule has 0 aliphatic carbocycles. The highest BCUT2D eigenvalue weighted by molar-refractivity contribution is 7.90. The number of aromatic amines is 1. The van der Waals surface area contributed by atoms with Crippen molar-refractivity contribution in [3.8, 4) is 11.4 Å². The van der Waals surface area contributed by atoms with E-state index < -0.39 is 9.84 Å². The first-order chi connectivity index (χ1) is 11.8. The Morgan fingerprint density at radius 3 is 2.64 bits per heavy atom. The topological polar surface area (TPSA) is 118 Å². The van der Waals surface area contributed by atoms with Crippen LogP contribution in [0.4, 0.5) is 5.69 Å². The zero-order valence-corrected chi connectivity index (χ0v) is 14.3. The maximum Gasteiger partial charge on any atom is 0.255 e. The summed E-state index contributed by atoms with van der Waals surface area (Å²) < 4.78 is 23.4. The van der Waals surface area contributed by atoms with Gasteiger partial charge in [-0.25, -0.2) is 8.42 Å². The van der Waals surface area contributed by atoms with Crippen LogP contribution in [-0.2, 0) is 9.84 Å². The summed E-state index contributed by atoms with van der Waals surface area (Å²) in [6, 6.07) is 11.4. The van der Waals surface area contributed by atoms with E-state index in [-0.39, 0.29) is 10.8 Å². The third kappa shape index (κ3) is 3.72. The van der Waals surface area contributed by atoms with Gasteiger partial charge in [0.2, 0.25) is 5.82 Å². The van der Waals surface area contributed by atoms with E-state index in [0.29, 0.717) is 22.6 Å². The molecule has 128 valence electrons. The zero-order valence-electron chi connectivity index (χ0n) is 13.5. The minimum atomic E-state index is -3.36. The number of anilines is 1. The SMILES string of the molecule is Cc1ccc(S(C)(=O)=O)cc1NC(=O)c1cccc(-c2nn[nH]n2)c1. The molecule has 0 fully saturated rings. The van der Waals surface area contributed by atoms with Crippen LogP contribution in [0.1, 0.15) is 15.9 Å². The summed E-state index contributed by atoms with van der Waals surface area (Å²) >= 11 is 0. The lowest BCUT2D eigenvalue weighted by Crippen LogP contribution is -2.13. The molecule has 0 aliphatic rings. The molecule has 0 bridgehead atoms. The molecule has 0 spiro atoms.